The number of hydrogen-bond acceptors (Lipinski definition) is 3. The predicted octanol–water partition coefficient (Wildman–Crippen LogP) is 3.54. The smallest absolute Gasteiger partial charge is 0.413 e. The summed E-state index contributed by atoms with van der Waals surface area (Å²) in [6.07, 6.45) is 2.77. The van der Waals surface area contributed by atoms with Crippen molar-refractivity contribution in [2.75, 3.05) is 24.4 Å². The molecule has 0 fully saturated rings. The quantitative estimate of drug-likeness (QED) is 0.879. The molecule has 0 atom stereocenters. The van der Waals surface area contributed by atoms with Gasteiger partial charge in [0.05, 0.1) is 7.11 Å². The van der Waals surface area contributed by atoms with Crippen LogP contribution in [0.1, 0.15) is 5.56 Å². The number of hydrogen-bond donors (Lipinski definition) is 1. The number of anilines is 2. The Morgan fingerprint density at radius 3 is 2.30 bits per heavy atom. The van der Waals surface area contributed by atoms with Crippen LogP contribution in [0.5, 0.6) is 0 Å². The minimum Gasteiger partial charge on any atom is -0.452 e. The van der Waals surface area contributed by atoms with E-state index in [1.807, 2.05) is 30.3 Å². The third-order valence-corrected chi connectivity index (χ3v) is 3.20. The molecule has 0 saturated heterocycles. The number of ether oxygens (including phenoxy) is 1. The molecule has 0 radical (unpaired) electrons. The molecule has 2 aromatic rings. The van der Waals surface area contributed by atoms with Crippen LogP contribution in [0.15, 0.2) is 60.7 Å². The lowest BCUT2D eigenvalue weighted by atomic mass is 10.2. The molecule has 5 nitrogen and oxygen atoms in total. The van der Waals surface area contributed by atoms with Crippen molar-refractivity contribution in [3.8, 4) is 0 Å². The van der Waals surface area contributed by atoms with Crippen LogP contribution < -0.4 is 10.2 Å². The zero-order chi connectivity index (χ0) is 16.7. The summed E-state index contributed by atoms with van der Waals surface area (Å²) in [7, 11) is 2.94. The number of amides is 2. The van der Waals surface area contributed by atoms with Gasteiger partial charge in [0.25, 0.3) is 0 Å². The average molecular weight is 310 g/mol. The van der Waals surface area contributed by atoms with E-state index < -0.39 is 6.09 Å². The summed E-state index contributed by atoms with van der Waals surface area (Å²) in [5.41, 5.74) is 2.28. The topological polar surface area (TPSA) is 58.6 Å². The Hall–Kier alpha value is -3.08. The molecule has 0 aromatic heterocycles. The van der Waals surface area contributed by atoms with Crippen LogP contribution in [0.3, 0.4) is 0 Å². The maximum Gasteiger partial charge on any atom is 0.413 e. The van der Waals surface area contributed by atoms with Gasteiger partial charge in [0, 0.05) is 24.5 Å². The van der Waals surface area contributed by atoms with Crippen LogP contribution in [-0.2, 0) is 9.53 Å². The summed E-state index contributed by atoms with van der Waals surface area (Å²) in [4.78, 5) is 24.7. The van der Waals surface area contributed by atoms with Crippen LogP contribution in [-0.4, -0.2) is 26.2 Å². The van der Waals surface area contributed by atoms with Crippen molar-refractivity contribution >= 4 is 29.5 Å². The van der Waals surface area contributed by atoms with Crippen LogP contribution in [0.2, 0.25) is 0 Å². The van der Waals surface area contributed by atoms with E-state index in [2.05, 4.69) is 10.1 Å². The normalized spacial score (nSPS) is 10.3. The summed E-state index contributed by atoms with van der Waals surface area (Å²) in [5, 5.41) is 2.76. The van der Waals surface area contributed by atoms with E-state index in [9.17, 15) is 9.59 Å². The Labute approximate surface area is 135 Å². The third-order valence-electron chi connectivity index (χ3n) is 3.20. The fraction of sp³-hybridized carbons (Fsp3) is 0.111. The van der Waals surface area contributed by atoms with Gasteiger partial charge in [-0.25, -0.2) is 4.79 Å². The Balaban J connectivity index is 1.97. The van der Waals surface area contributed by atoms with Crippen LogP contribution in [0.4, 0.5) is 16.2 Å². The second-order valence-corrected chi connectivity index (χ2v) is 4.81. The van der Waals surface area contributed by atoms with Crippen molar-refractivity contribution in [3.05, 3.63) is 66.2 Å². The van der Waals surface area contributed by atoms with E-state index in [-0.39, 0.29) is 5.91 Å². The molecule has 23 heavy (non-hydrogen) atoms. The molecule has 0 aliphatic heterocycles. The average Bonchev–Trinajstić information content (AvgIpc) is 2.60. The number of nitrogens with zero attached hydrogens (tertiary/aromatic N) is 1. The number of benzene rings is 2. The highest BCUT2D eigenvalue weighted by Crippen LogP contribution is 2.17. The molecule has 118 valence electrons. The van der Waals surface area contributed by atoms with E-state index in [1.54, 1.807) is 37.4 Å². The zero-order valence-corrected chi connectivity index (χ0v) is 13.0. The van der Waals surface area contributed by atoms with Crippen molar-refractivity contribution in [3.63, 3.8) is 0 Å². The first-order valence-corrected chi connectivity index (χ1v) is 7.06. The molecule has 0 saturated carbocycles. The van der Waals surface area contributed by atoms with Gasteiger partial charge < -0.3 is 10.1 Å². The van der Waals surface area contributed by atoms with Gasteiger partial charge >= 0.3 is 6.09 Å². The monoisotopic (exact) mass is 310 g/mol. The first-order valence-electron chi connectivity index (χ1n) is 7.06. The highest BCUT2D eigenvalue weighted by Gasteiger charge is 2.10. The van der Waals surface area contributed by atoms with Gasteiger partial charge in [-0.2, -0.15) is 0 Å². The molecular weight excluding hydrogens is 292 g/mol. The Morgan fingerprint density at radius 1 is 1.04 bits per heavy atom. The molecule has 2 amide bonds. The van der Waals surface area contributed by atoms with Gasteiger partial charge in [0.2, 0.25) is 5.91 Å². The van der Waals surface area contributed by atoms with E-state index in [1.165, 1.54) is 18.1 Å². The molecule has 0 aliphatic carbocycles. The van der Waals surface area contributed by atoms with Crippen molar-refractivity contribution in [2.24, 2.45) is 0 Å². The minimum absolute atomic E-state index is 0.220. The number of carbonyl (C=O) groups is 2. The highest BCUT2D eigenvalue weighted by molar-refractivity contribution is 6.02. The SMILES string of the molecule is COC(=O)N(C)c1ccc(NC(=O)/C=C/c2ccccc2)cc1. The van der Waals surface area contributed by atoms with Crippen LogP contribution >= 0.6 is 0 Å². The van der Waals surface area contributed by atoms with Gasteiger partial charge in [-0.15, -0.1) is 0 Å². The van der Waals surface area contributed by atoms with E-state index in [0.717, 1.165) is 5.56 Å². The first kappa shape index (κ1) is 16.3. The number of methoxy groups -OCH3 is 1. The lowest BCUT2D eigenvalue weighted by Gasteiger charge is -2.15. The first-order chi connectivity index (χ1) is 11.1. The van der Waals surface area contributed by atoms with E-state index in [4.69, 9.17) is 0 Å². The predicted molar refractivity (Wildman–Crippen MR) is 91.4 cm³/mol. The van der Waals surface area contributed by atoms with Crippen LogP contribution in [0, 0.1) is 0 Å². The van der Waals surface area contributed by atoms with Crippen molar-refractivity contribution in [2.45, 2.75) is 0 Å². The number of carbonyl (C=O) groups excluding carboxylic acids is 2. The van der Waals surface area contributed by atoms with Gasteiger partial charge in [-0.1, -0.05) is 30.3 Å². The van der Waals surface area contributed by atoms with Crippen LogP contribution in [0.25, 0.3) is 6.08 Å². The maximum absolute atomic E-state index is 11.9. The van der Waals surface area contributed by atoms with Gasteiger partial charge in [-0.05, 0) is 35.9 Å². The molecule has 2 aromatic carbocycles. The highest BCUT2D eigenvalue weighted by atomic mass is 16.5. The molecule has 0 unspecified atom stereocenters. The van der Waals surface area contributed by atoms with E-state index in [0.29, 0.717) is 11.4 Å². The molecule has 2 rings (SSSR count). The summed E-state index contributed by atoms with van der Waals surface area (Å²) in [6.45, 7) is 0. The minimum atomic E-state index is -0.451. The zero-order valence-electron chi connectivity index (χ0n) is 13.0. The number of nitrogens with one attached hydrogen (secondary N) is 1. The summed E-state index contributed by atoms with van der Waals surface area (Å²) >= 11 is 0. The largest absolute Gasteiger partial charge is 0.452 e. The maximum atomic E-state index is 11.9. The molecule has 0 spiro atoms. The standard InChI is InChI=1S/C18H18N2O3/c1-20(18(22)23-2)16-11-9-15(10-12-16)19-17(21)13-8-14-6-4-3-5-7-14/h3-13H,1-2H3,(H,19,21)/b13-8+. The fourth-order valence-electron chi connectivity index (χ4n) is 1.93. The number of rotatable bonds is 4. The Kier molecular flexibility index (Phi) is 5.52. The Morgan fingerprint density at radius 2 is 1.70 bits per heavy atom. The fourth-order valence-corrected chi connectivity index (χ4v) is 1.93. The summed E-state index contributed by atoms with van der Waals surface area (Å²) in [6, 6.07) is 16.5. The van der Waals surface area contributed by atoms with Crippen molar-refractivity contribution < 1.29 is 14.3 Å². The molecule has 0 heterocycles. The molecular formula is C18H18N2O3. The van der Waals surface area contributed by atoms with Gasteiger partial charge in [0.1, 0.15) is 0 Å². The second-order valence-electron chi connectivity index (χ2n) is 4.81. The molecule has 1 N–H and O–H groups in total. The van der Waals surface area contributed by atoms with Gasteiger partial charge in [0.15, 0.2) is 0 Å². The second kappa shape index (κ2) is 7.79. The summed E-state index contributed by atoms with van der Waals surface area (Å²) in [5.74, 6) is -0.220. The van der Waals surface area contributed by atoms with Crippen molar-refractivity contribution in [1.29, 1.82) is 0 Å². The lowest BCUT2D eigenvalue weighted by Crippen LogP contribution is -2.25. The van der Waals surface area contributed by atoms with Gasteiger partial charge in [-0.3, -0.25) is 9.69 Å². The summed E-state index contributed by atoms with van der Waals surface area (Å²) < 4.78 is 4.64. The molecule has 5 heteroatoms. The van der Waals surface area contributed by atoms with E-state index >= 15 is 0 Å². The Bertz CT molecular complexity index is 694. The van der Waals surface area contributed by atoms with Crippen molar-refractivity contribution in [1.82, 2.24) is 0 Å². The lowest BCUT2D eigenvalue weighted by molar-refractivity contribution is -0.111. The molecule has 0 bridgehead atoms. The third kappa shape index (κ3) is 4.71. The molecule has 0 aliphatic rings.